The average Bonchev–Trinajstić information content (AvgIpc) is 2.95. The fraction of sp³-hybridized carbons (Fsp3) is 0.412. The molecule has 0 bridgehead atoms. The Labute approximate surface area is 126 Å². The monoisotopic (exact) mass is 288 g/mol. The van der Waals surface area contributed by atoms with Gasteiger partial charge in [0.05, 0.1) is 25.4 Å². The number of aryl methyl sites for hydroxylation is 1. The molecule has 4 nitrogen and oxygen atoms in total. The summed E-state index contributed by atoms with van der Waals surface area (Å²) in [6.45, 7) is 9.16. The van der Waals surface area contributed by atoms with Crippen molar-refractivity contribution in [2.75, 3.05) is 18.5 Å². The van der Waals surface area contributed by atoms with Crippen LogP contribution in [0.2, 0.25) is 0 Å². The lowest BCUT2D eigenvalue weighted by molar-refractivity contribution is 0.332. The molecule has 1 heterocycles. The molecule has 0 saturated carbocycles. The fourth-order valence-corrected chi connectivity index (χ4v) is 2.29. The van der Waals surface area contributed by atoms with Gasteiger partial charge in [-0.05, 0) is 45.0 Å². The molecular weight excluding hydrogens is 264 g/mol. The standard InChI is InChI=1S/C17H24N2O2/c1-4-19-11-7-8-14(19)13-18-16-12-15(20-5-2)9-10-17(16)21-6-3/h7-12,18H,4-6,13H2,1-3H3. The predicted octanol–water partition coefficient (Wildman–Crippen LogP) is 3.92. The smallest absolute Gasteiger partial charge is 0.142 e. The third-order valence-electron chi connectivity index (χ3n) is 3.29. The summed E-state index contributed by atoms with van der Waals surface area (Å²) >= 11 is 0. The van der Waals surface area contributed by atoms with Crippen molar-refractivity contribution in [3.8, 4) is 11.5 Å². The topological polar surface area (TPSA) is 35.4 Å². The summed E-state index contributed by atoms with van der Waals surface area (Å²) in [4.78, 5) is 0. The SMILES string of the molecule is CCOc1ccc(OCC)c(NCc2cccn2CC)c1. The van der Waals surface area contributed by atoms with Crippen molar-refractivity contribution in [3.63, 3.8) is 0 Å². The summed E-state index contributed by atoms with van der Waals surface area (Å²) in [6, 6.07) is 10.1. The highest BCUT2D eigenvalue weighted by Crippen LogP contribution is 2.29. The Kier molecular flexibility index (Phi) is 5.55. The minimum Gasteiger partial charge on any atom is -0.494 e. The van der Waals surface area contributed by atoms with Crippen LogP contribution < -0.4 is 14.8 Å². The lowest BCUT2D eigenvalue weighted by atomic mass is 10.2. The van der Waals surface area contributed by atoms with Crippen LogP contribution in [-0.2, 0) is 13.1 Å². The minimum atomic E-state index is 0.647. The van der Waals surface area contributed by atoms with Crippen LogP contribution in [0.25, 0.3) is 0 Å². The Balaban J connectivity index is 2.14. The highest BCUT2D eigenvalue weighted by atomic mass is 16.5. The van der Waals surface area contributed by atoms with E-state index in [0.717, 1.165) is 30.3 Å². The molecule has 114 valence electrons. The molecule has 0 aliphatic heterocycles. The maximum atomic E-state index is 5.67. The van der Waals surface area contributed by atoms with Crippen molar-refractivity contribution < 1.29 is 9.47 Å². The molecule has 0 aliphatic rings. The van der Waals surface area contributed by atoms with Gasteiger partial charge in [-0.15, -0.1) is 0 Å². The van der Waals surface area contributed by atoms with E-state index >= 15 is 0 Å². The van der Waals surface area contributed by atoms with E-state index in [-0.39, 0.29) is 0 Å². The van der Waals surface area contributed by atoms with E-state index in [1.165, 1.54) is 5.69 Å². The van der Waals surface area contributed by atoms with Crippen LogP contribution >= 0.6 is 0 Å². The summed E-state index contributed by atoms with van der Waals surface area (Å²) in [5.41, 5.74) is 2.22. The van der Waals surface area contributed by atoms with E-state index in [1.807, 2.05) is 32.0 Å². The van der Waals surface area contributed by atoms with Crippen molar-refractivity contribution >= 4 is 5.69 Å². The quantitative estimate of drug-likeness (QED) is 0.799. The molecule has 0 radical (unpaired) electrons. The van der Waals surface area contributed by atoms with Crippen LogP contribution in [0.3, 0.4) is 0 Å². The Bertz CT molecular complexity index is 564. The number of nitrogens with one attached hydrogen (secondary N) is 1. The minimum absolute atomic E-state index is 0.647. The van der Waals surface area contributed by atoms with Gasteiger partial charge >= 0.3 is 0 Å². The fourth-order valence-electron chi connectivity index (χ4n) is 2.29. The van der Waals surface area contributed by atoms with E-state index in [2.05, 4.69) is 35.1 Å². The normalized spacial score (nSPS) is 10.4. The van der Waals surface area contributed by atoms with Crippen molar-refractivity contribution in [2.45, 2.75) is 33.9 Å². The zero-order valence-electron chi connectivity index (χ0n) is 13.1. The van der Waals surface area contributed by atoms with E-state index in [1.54, 1.807) is 0 Å². The summed E-state index contributed by atoms with van der Waals surface area (Å²) in [6.07, 6.45) is 2.09. The lowest BCUT2D eigenvalue weighted by Gasteiger charge is -2.15. The van der Waals surface area contributed by atoms with Crippen LogP contribution in [-0.4, -0.2) is 17.8 Å². The average molecular weight is 288 g/mol. The lowest BCUT2D eigenvalue weighted by Crippen LogP contribution is -2.07. The maximum Gasteiger partial charge on any atom is 0.142 e. The zero-order chi connectivity index (χ0) is 15.1. The molecule has 1 aromatic heterocycles. The summed E-state index contributed by atoms with van der Waals surface area (Å²) in [5.74, 6) is 1.71. The Morgan fingerprint density at radius 1 is 1.05 bits per heavy atom. The molecule has 0 amide bonds. The van der Waals surface area contributed by atoms with Crippen LogP contribution in [0.1, 0.15) is 26.5 Å². The number of rotatable bonds is 8. The number of nitrogens with zero attached hydrogens (tertiary/aromatic N) is 1. The van der Waals surface area contributed by atoms with Crippen molar-refractivity contribution in [3.05, 3.63) is 42.2 Å². The second-order valence-electron chi connectivity index (χ2n) is 4.66. The van der Waals surface area contributed by atoms with Crippen LogP contribution in [0.4, 0.5) is 5.69 Å². The molecule has 0 atom stereocenters. The van der Waals surface area contributed by atoms with E-state index in [4.69, 9.17) is 9.47 Å². The third kappa shape index (κ3) is 3.94. The van der Waals surface area contributed by atoms with Gasteiger partial charge in [-0.2, -0.15) is 0 Å². The molecule has 0 unspecified atom stereocenters. The molecular formula is C17H24N2O2. The molecule has 2 rings (SSSR count). The second-order valence-corrected chi connectivity index (χ2v) is 4.66. The van der Waals surface area contributed by atoms with E-state index < -0.39 is 0 Å². The second kappa shape index (κ2) is 7.62. The van der Waals surface area contributed by atoms with Crippen LogP contribution in [0.5, 0.6) is 11.5 Å². The van der Waals surface area contributed by atoms with Gasteiger partial charge in [-0.3, -0.25) is 0 Å². The number of hydrogen-bond acceptors (Lipinski definition) is 3. The van der Waals surface area contributed by atoms with Gasteiger partial charge in [0, 0.05) is 24.5 Å². The van der Waals surface area contributed by atoms with E-state index in [0.29, 0.717) is 13.2 Å². The van der Waals surface area contributed by atoms with Gasteiger partial charge in [-0.25, -0.2) is 0 Å². The van der Waals surface area contributed by atoms with Crippen LogP contribution in [0, 0.1) is 0 Å². The van der Waals surface area contributed by atoms with Crippen LogP contribution in [0.15, 0.2) is 36.5 Å². The predicted molar refractivity (Wildman–Crippen MR) is 86.2 cm³/mol. The number of ether oxygens (including phenoxy) is 2. The Morgan fingerprint density at radius 2 is 1.86 bits per heavy atom. The van der Waals surface area contributed by atoms with Gasteiger partial charge < -0.3 is 19.4 Å². The molecule has 1 N–H and O–H groups in total. The zero-order valence-corrected chi connectivity index (χ0v) is 13.1. The number of benzene rings is 1. The highest BCUT2D eigenvalue weighted by molar-refractivity contribution is 5.59. The molecule has 0 fully saturated rings. The summed E-state index contributed by atoms with van der Waals surface area (Å²) in [5, 5.41) is 3.45. The number of anilines is 1. The van der Waals surface area contributed by atoms with Crippen molar-refractivity contribution in [1.29, 1.82) is 0 Å². The van der Waals surface area contributed by atoms with Gasteiger partial charge in [0.1, 0.15) is 11.5 Å². The Hall–Kier alpha value is -2.10. The molecule has 0 spiro atoms. The molecule has 2 aromatic rings. The first kappa shape index (κ1) is 15.3. The van der Waals surface area contributed by atoms with Gasteiger partial charge in [0.15, 0.2) is 0 Å². The highest BCUT2D eigenvalue weighted by Gasteiger charge is 2.07. The Morgan fingerprint density at radius 3 is 2.57 bits per heavy atom. The van der Waals surface area contributed by atoms with Crippen molar-refractivity contribution in [2.24, 2.45) is 0 Å². The molecule has 0 saturated heterocycles. The molecule has 0 aliphatic carbocycles. The number of hydrogen-bond donors (Lipinski definition) is 1. The first-order valence-corrected chi connectivity index (χ1v) is 7.56. The maximum absolute atomic E-state index is 5.67. The van der Waals surface area contributed by atoms with Crippen molar-refractivity contribution in [1.82, 2.24) is 4.57 Å². The largest absolute Gasteiger partial charge is 0.494 e. The summed E-state index contributed by atoms with van der Waals surface area (Å²) in [7, 11) is 0. The first-order chi connectivity index (χ1) is 10.3. The van der Waals surface area contributed by atoms with Gasteiger partial charge in [-0.1, -0.05) is 0 Å². The van der Waals surface area contributed by atoms with Gasteiger partial charge in [0.2, 0.25) is 0 Å². The third-order valence-corrected chi connectivity index (χ3v) is 3.29. The number of aromatic nitrogens is 1. The van der Waals surface area contributed by atoms with E-state index in [9.17, 15) is 0 Å². The molecule has 1 aromatic carbocycles. The van der Waals surface area contributed by atoms with Gasteiger partial charge in [0.25, 0.3) is 0 Å². The summed E-state index contributed by atoms with van der Waals surface area (Å²) < 4.78 is 13.5. The first-order valence-electron chi connectivity index (χ1n) is 7.56. The molecule has 21 heavy (non-hydrogen) atoms. The molecule has 4 heteroatoms.